The van der Waals surface area contributed by atoms with Crippen LogP contribution >= 0.6 is 0 Å². The highest BCUT2D eigenvalue weighted by molar-refractivity contribution is 5.87. The van der Waals surface area contributed by atoms with Gasteiger partial charge in [-0.3, -0.25) is 0 Å². The second-order valence-corrected chi connectivity index (χ2v) is 3.16. The van der Waals surface area contributed by atoms with Crippen molar-refractivity contribution in [2.45, 2.75) is 13.0 Å². The van der Waals surface area contributed by atoms with Crippen LogP contribution in [0.4, 0.5) is 0 Å². The summed E-state index contributed by atoms with van der Waals surface area (Å²) >= 11 is 0. The average molecular weight is 208 g/mol. The minimum Gasteiger partial charge on any atom is -0.464 e. The van der Waals surface area contributed by atoms with Gasteiger partial charge in [-0.2, -0.15) is 4.99 Å². The standard InChI is InChI=1S/C10H12N2O3/c1-7(11-6-13)8-4-9(10(14)15-3)12(2)5-8/h4-5,7H,1-3H3. The summed E-state index contributed by atoms with van der Waals surface area (Å²) in [7, 11) is 3.05. The Bertz CT molecular complexity index is 416. The summed E-state index contributed by atoms with van der Waals surface area (Å²) in [6, 6.07) is 1.35. The molecule has 5 heteroatoms. The summed E-state index contributed by atoms with van der Waals surface area (Å²) in [6.45, 7) is 1.75. The van der Waals surface area contributed by atoms with Gasteiger partial charge in [0.15, 0.2) is 0 Å². The van der Waals surface area contributed by atoms with E-state index in [4.69, 9.17) is 0 Å². The molecule has 0 saturated heterocycles. The molecular weight excluding hydrogens is 196 g/mol. The Labute approximate surface area is 87.4 Å². The van der Waals surface area contributed by atoms with Gasteiger partial charge in [-0.15, -0.1) is 0 Å². The molecule has 1 unspecified atom stereocenters. The molecular formula is C10H12N2O3. The van der Waals surface area contributed by atoms with E-state index in [1.54, 1.807) is 30.8 Å². The fourth-order valence-electron chi connectivity index (χ4n) is 1.28. The predicted octanol–water partition coefficient (Wildman–Crippen LogP) is 1.21. The average Bonchev–Trinajstić information content (AvgIpc) is 2.60. The van der Waals surface area contributed by atoms with Crippen LogP contribution in [0.1, 0.15) is 29.0 Å². The van der Waals surface area contributed by atoms with Gasteiger partial charge in [-0.1, -0.05) is 0 Å². The number of rotatable bonds is 3. The molecule has 0 aliphatic rings. The molecule has 5 nitrogen and oxygen atoms in total. The van der Waals surface area contributed by atoms with Gasteiger partial charge in [0.1, 0.15) is 5.69 Å². The van der Waals surface area contributed by atoms with Gasteiger partial charge in [0.05, 0.1) is 13.2 Å². The molecule has 15 heavy (non-hydrogen) atoms. The van der Waals surface area contributed by atoms with E-state index < -0.39 is 5.97 Å². The number of methoxy groups -OCH3 is 1. The zero-order valence-electron chi connectivity index (χ0n) is 8.85. The van der Waals surface area contributed by atoms with Crippen molar-refractivity contribution >= 4 is 12.0 Å². The first kappa shape index (κ1) is 11.2. The smallest absolute Gasteiger partial charge is 0.354 e. The highest BCUT2D eigenvalue weighted by Crippen LogP contribution is 2.19. The molecule has 0 bridgehead atoms. The lowest BCUT2D eigenvalue weighted by Crippen LogP contribution is -2.06. The van der Waals surface area contributed by atoms with Crippen LogP contribution in [-0.2, 0) is 16.6 Å². The number of hydrogen-bond acceptors (Lipinski definition) is 4. The van der Waals surface area contributed by atoms with Crippen LogP contribution in [-0.4, -0.2) is 23.7 Å². The number of nitrogens with zero attached hydrogens (tertiary/aromatic N) is 2. The zero-order valence-corrected chi connectivity index (χ0v) is 8.85. The molecule has 1 aromatic heterocycles. The van der Waals surface area contributed by atoms with Crippen LogP contribution < -0.4 is 0 Å². The molecule has 0 aliphatic heterocycles. The number of carbonyl (C=O) groups excluding carboxylic acids is 2. The first-order chi connectivity index (χ1) is 7.10. The van der Waals surface area contributed by atoms with Crippen LogP contribution in [0.25, 0.3) is 0 Å². The summed E-state index contributed by atoms with van der Waals surface area (Å²) < 4.78 is 6.24. The normalized spacial score (nSPS) is 11.7. The highest BCUT2D eigenvalue weighted by atomic mass is 16.5. The molecule has 1 heterocycles. The van der Waals surface area contributed by atoms with Crippen molar-refractivity contribution in [1.82, 2.24) is 4.57 Å². The maximum Gasteiger partial charge on any atom is 0.354 e. The second-order valence-electron chi connectivity index (χ2n) is 3.16. The van der Waals surface area contributed by atoms with Gasteiger partial charge >= 0.3 is 5.97 Å². The lowest BCUT2D eigenvalue weighted by atomic mass is 10.2. The van der Waals surface area contributed by atoms with Crippen molar-refractivity contribution in [2.24, 2.45) is 12.0 Å². The number of aromatic nitrogens is 1. The summed E-state index contributed by atoms with van der Waals surface area (Å²) in [4.78, 5) is 24.9. The fourth-order valence-corrected chi connectivity index (χ4v) is 1.28. The van der Waals surface area contributed by atoms with Crippen LogP contribution in [0.2, 0.25) is 0 Å². The van der Waals surface area contributed by atoms with E-state index in [0.29, 0.717) is 5.69 Å². The summed E-state index contributed by atoms with van der Waals surface area (Å²) in [6.07, 6.45) is 3.22. The van der Waals surface area contributed by atoms with Gasteiger partial charge in [0, 0.05) is 13.2 Å². The summed E-state index contributed by atoms with van der Waals surface area (Å²) in [5.41, 5.74) is 1.21. The number of esters is 1. The monoisotopic (exact) mass is 208 g/mol. The molecule has 0 radical (unpaired) electrons. The Balaban J connectivity index is 3.05. The largest absolute Gasteiger partial charge is 0.464 e. The Morgan fingerprint density at radius 1 is 1.67 bits per heavy atom. The molecule has 1 aromatic rings. The van der Waals surface area contributed by atoms with Gasteiger partial charge in [0.25, 0.3) is 0 Å². The van der Waals surface area contributed by atoms with E-state index >= 15 is 0 Å². The van der Waals surface area contributed by atoms with Crippen LogP contribution in [0.5, 0.6) is 0 Å². The molecule has 0 aliphatic carbocycles. The number of aliphatic imine (C=N–C) groups is 1. The van der Waals surface area contributed by atoms with E-state index in [1.807, 2.05) is 0 Å². The maximum absolute atomic E-state index is 11.3. The SMILES string of the molecule is COC(=O)c1cc(C(C)N=C=O)cn1C. The van der Waals surface area contributed by atoms with Crippen molar-refractivity contribution in [1.29, 1.82) is 0 Å². The third-order valence-electron chi connectivity index (χ3n) is 2.15. The molecule has 0 amide bonds. The molecule has 0 fully saturated rings. The van der Waals surface area contributed by atoms with Crippen molar-refractivity contribution in [3.05, 3.63) is 23.5 Å². The molecule has 0 N–H and O–H groups in total. The van der Waals surface area contributed by atoms with Gasteiger partial charge in [0.2, 0.25) is 6.08 Å². The zero-order chi connectivity index (χ0) is 11.4. The first-order valence-electron chi connectivity index (χ1n) is 4.41. The van der Waals surface area contributed by atoms with E-state index in [9.17, 15) is 9.59 Å². The molecule has 0 saturated carbocycles. The first-order valence-corrected chi connectivity index (χ1v) is 4.41. The number of hydrogen-bond donors (Lipinski definition) is 0. The van der Waals surface area contributed by atoms with Gasteiger partial charge in [-0.25, -0.2) is 9.59 Å². The van der Waals surface area contributed by atoms with E-state index in [1.165, 1.54) is 13.2 Å². The Kier molecular flexibility index (Phi) is 3.42. The minimum atomic E-state index is -0.411. The molecule has 0 spiro atoms. The molecule has 0 aromatic carbocycles. The van der Waals surface area contributed by atoms with Crippen molar-refractivity contribution < 1.29 is 14.3 Å². The third-order valence-corrected chi connectivity index (χ3v) is 2.15. The highest BCUT2D eigenvalue weighted by Gasteiger charge is 2.14. The Hall–Kier alpha value is -1.87. The van der Waals surface area contributed by atoms with Crippen molar-refractivity contribution in [3.8, 4) is 0 Å². The molecule has 1 atom stereocenters. The maximum atomic E-state index is 11.3. The minimum absolute atomic E-state index is 0.299. The predicted molar refractivity (Wildman–Crippen MR) is 53.3 cm³/mol. The number of ether oxygens (including phenoxy) is 1. The summed E-state index contributed by atoms with van der Waals surface area (Å²) in [5, 5.41) is 0. The fraction of sp³-hybridized carbons (Fsp3) is 0.400. The molecule has 80 valence electrons. The quantitative estimate of drug-likeness (QED) is 0.426. The Morgan fingerprint density at radius 3 is 2.87 bits per heavy atom. The number of aryl methyl sites for hydroxylation is 1. The lowest BCUT2D eigenvalue weighted by Gasteiger charge is -1.98. The van der Waals surface area contributed by atoms with E-state index in [2.05, 4.69) is 9.73 Å². The topological polar surface area (TPSA) is 60.7 Å². The van der Waals surface area contributed by atoms with Crippen molar-refractivity contribution in [3.63, 3.8) is 0 Å². The third kappa shape index (κ3) is 2.33. The number of carbonyl (C=O) groups is 1. The summed E-state index contributed by atoms with van der Waals surface area (Å²) in [5.74, 6) is -0.411. The Morgan fingerprint density at radius 2 is 2.33 bits per heavy atom. The number of isocyanates is 1. The van der Waals surface area contributed by atoms with Gasteiger partial charge in [-0.05, 0) is 18.6 Å². The van der Waals surface area contributed by atoms with E-state index in [0.717, 1.165) is 5.56 Å². The van der Waals surface area contributed by atoms with Gasteiger partial charge < -0.3 is 9.30 Å². The van der Waals surface area contributed by atoms with E-state index in [-0.39, 0.29) is 6.04 Å². The van der Waals surface area contributed by atoms with Crippen LogP contribution in [0.3, 0.4) is 0 Å². The van der Waals surface area contributed by atoms with Crippen LogP contribution in [0.15, 0.2) is 17.3 Å². The lowest BCUT2D eigenvalue weighted by molar-refractivity contribution is 0.0590. The second kappa shape index (κ2) is 4.57. The van der Waals surface area contributed by atoms with Crippen LogP contribution in [0, 0.1) is 0 Å². The molecule has 1 rings (SSSR count). The van der Waals surface area contributed by atoms with Crippen molar-refractivity contribution in [2.75, 3.05) is 7.11 Å².